The van der Waals surface area contributed by atoms with Crippen LogP contribution in [0, 0.1) is 29.1 Å². The molecule has 9 unspecified atom stereocenters. The maximum absolute atomic E-state index is 12.9. The highest BCUT2D eigenvalue weighted by molar-refractivity contribution is 5.79. The van der Waals surface area contributed by atoms with E-state index in [1.807, 2.05) is 6.92 Å². The predicted molar refractivity (Wildman–Crippen MR) is 127 cm³/mol. The first kappa shape index (κ1) is 27.1. The van der Waals surface area contributed by atoms with E-state index in [9.17, 15) is 30.3 Å². The fourth-order valence-electron chi connectivity index (χ4n) is 7.90. The number of hydrogen-bond acceptors (Lipinski definition) is 6. The first-order valence-electron chi connectivity index (χ1n) is 13.2. The van der Waals surface area contributed by atoms with Crippen molar-refractivity contribution in [2.75, 3.05) is 0 Å². The number of aliphatic hydroxyl groups excluding tert-OH is 2. The second kappa shape index (κ2) is 9.50. The molecule has 3 aliphatic carbocycles. The average Bonchev–Trinajstić information content (AvgIpc) is 2.97. The Labute approximate surface area is 199 Å². The second-order valence-electron chi connectivity index (χ2n) is 12.9. The lowest BCUT2D eigenvalue weighted by atomic mass is 9.50. The SMILES string of the molecule is CC1CC(O)C(O)CCC(=O)CC2C1CCC1(C)C(C(C)(O)CCCC(C)(C)O)CCC21O. The lowest BCUT2D eigenvalue weighted by Gasteiger charge is -2.57. The summed E-state index contributed by atoms with van der Waals surface area (Å²) in [5.74, 6) is -0.0379. The molecule has 0 aromatic heterocycles. The van der Waals surface area contributed by atoms with Crippen molar-refractivity contribution in [3.63, 3.8) is 0 Å². The molecule has 3 saturated carbocycles. The van der Waals surface area contributed by atoms with Crippen molar-refractivity contribution in [1.29, 1.82) is 0 Å². The third kappa shape index (κ3) is 5.35. The number of ketones is 1. The summed E-state index contributed by atoms with van der Waals surface area (Å²) in [5, 5.41) is 54.6. The lowest BCUT2D eigenvalue weighted by molar-refractivity contribution is -0.193. The van der Waals surface area contributed by atoms with Crippen LogP contribution in [0.2, 0.25) is 0 Å². The third-order valence-electron chi connectivity index (χ3n) is 9.88. The number of carbonyl (C=O) groups excluding carboxylic acids is 1. The van der Waals surface area contributed by atoms with Gasteiger partial charge in [-0.15, -0.1) is 0 Å². The van der Waals surface area contributed by atoms with Crippen molar-refractivity contribution >= 4 is 5.78 Å². The molecular weight excluding hydrogens is 420 g/mol. The standard InChI is InChI=1S/C27H48O6/c1-17-15-22(30)21(29)8-7-18(28)16-20-19(17)9-13-25(4)23(10-14-27(20,25)33)26(5,32)12-6-11-24(2,3)31/h17,19-23,29-33H,6-16H2,1-5H3. The Morgan fingerprint density at radius 2 is 1.67 bits per heavy atom. The Morgan fingerprint density at radius 1 is 1.00 bits per heavy atom. The Hall–Kier alpha value is -0.530. The van der Waals surface area contributed by atoms with Crippen molar-refractivity contribution in [2.24, 2.45) is 29.1 Å². The van der Waals surface area contributed by atoms with Crippen molar-refractivity contribution in [3.05, 3.63) is 0 Å². The Kier molecular flexibility index (Phi) is 7.79. The van der Waals surface area contributed by atoms with Gasteiger partial charge in [-0.1, -0.05) is 13.8 Å². The van der Waals surface area contributed by atoms with Crippen molar-refractivity contribution < 1.29 is 30.3 Å². The Balaban J connectivity index is 1.86. The van der Waals surface area contributed by atoms with Crippen molar-refractivity contribution in [1.82, 2.24) is 0 Å². The van der Waals surface area contributed by atoms with E-state index < -0.39 is 34.4 Å². The molecule has 3 aliphatic rings. The molecule has 0 heterocycles. The van der Waals surface area contributed by atoms with Gasteiger partial charge in [0.25, 0.3) is 0 Å². The predicted octanol–water partition coefficient (Wildman–Crippen LogP) is 3.35. The molecule has 6 heteroatoms. The van der Waals surface area contributed by atoms with Crippen LogP contribution < -0.4 is 0 Å². The Morgan fingerprint density at radius 3 is 2.30 bits per heavy atom. The largest absolute Gasteiger partial charge is 0.390 e. The number of carbonyl (C=O) groups is 1. The number of fused-ring (bicyclic) bond motifs is 3. The van der Waals surface area contributed by atoms with E-state index in [1.54, 1.807) is 13.8 Å². The van der Waals surface area contributed by atoms with Crippen LogP contribution in [-0.4, -0.2) is 60.3 Å². The zero-order valence-corrected chi connectivity index (χ0v) is 21.4. The van der Waals surface area contributed by atoms with Crippen LogP contribution in [0.25, 0.3) is 0 Å². The zero-order valence-electron chi connectivity index (χ0n) is 21.4. The van der Waals surface area contributed by atoms with E-state index >= 15 is 0 Å². The van der Waals surface area contributed by atoms with Gasteiger partial charge < -0.3 is 25.5 Å². The molecule has 0 amide bonds. The van der Waals surface area contributed by atoms with Crippen LogP contribution in [0.1, 0.15) is 105 Å². The van der Waals surface area contributed by atoms with E-state index in [2.05, 4.69) is 13.8 Å². The van der Waals surface area contributed by atoms with Crippen LogP contribution in [0.3, 0.4) is 0 Å². The van der Waals surface area contributed by atoms with Gasteiger partial charge in [-0.3, -0.25) is 4.79 Å². The van der Waals surface area contributed by atoms with E-state index in [-0.39, 0.29) is 42.3 Å². The number of aliphatic hydroxyl groups is 5. The topological polar surface area (TPSA) is 118 Å². The summed E-state index contributed by atoms with van der Waals surface area (Å²) in [6.07, 6.45) is 4.34. The van der Waals surface area contributed by atoms with Gasteiger partial charge in [-0.05, 0) is 102 Å². The van der Waals surface area contributed by atoms with Gasteiger partial charge in [0.2, 0.25) is 0 Å². The van der Waals surface area contributed by atoms with Crippen LogP contribution in [0.5, 0.6) is 0 Å². The van der Waals surface area contributed by atoms with Gasteiger partial charge in [0.05, 0.1) is 29.0 Å². The van der Waals surface area contributed by atoms with Crippen LogP contribution in [0.4, 0.5) is 0 Å². The van der Waals surface area contributed by atoms with Gasteiger partial charge in [0, 0.05) is 18.3 Å². The molecule has 5 N–H and O–H groups in total. The molecule has 0 aromatic carbocycles. The fourth-order valence-corrected chi connectivity index (χ4v) is 7.90. The first-order chi connectivity index (χ1) is 15.1. The molecule has 0 aliphatic heterocycles. The highest BCUT2D eigenvalue weighted by atomic mass is 16.3. The van der Waals surface area contributed by atoms with E-state index in [4.69, 9.17) is 0 Å². The van der Waals surface area contributed by atoms with Crippen LogP contribution >= 0.6 is 0 Å². The minimum atomic E-state index is -1.03. The molecule has 192 valence electrons. The van der Waals surface area contributed by atoms with Gasteiger partial charge in [-0.2, -0.15) is 0 Å². The van der Waals surface area contributed by atoms with E-state index in [0.717, 1.165) is 19.3 Å². The van der Waals surface area contributed by atoms with Gasteiger partial charge in [0.15, 0.2) is 0 Å². The quantitative estimate of drug-likeness (QED) is 0.422. The third-order valence-corrected chi connectivity index (χ3v) is 9.88. The molecule has 6 nitrogen and oxygen atoms in total. The smallest absolute Gasteiger partial charge is 0.133 e. The molecular formula is C27H48O6. The van der Waals surface area contributed by atoms with Crippen molar-refractivity contribution in [2.45, 2.75) is 134 Å². The van der Waals surface area contributed by atoms with Gasteiger partial charge >= 0.3 is 0 Å². The Bertz CT molecular complexity index is 699. The molecule has 9 atom stereocenters. The maximum atomic E-state index is 12.9. The molecule has 3 fully saturated rings. The molecule has 0 aromatic rings. The highest BCUT2D eigenvalue weighted by Crippen LogP contribution is 2.65. The summed E-state index contributed by atoms with van der Waals surface area (Å²) in [7, 11) is 0. The summed E-state index contributed by atoms with van der Waals surface area (Å²) in [4.78, 5) is 12.9. The van der Waals surface area contributed by atoms with E-state index in [1.165, 1.54) is 0 Å². The maximum Gasteiger partial charge on any atom is 0.133 e. The monoisotopic (exact) mass is 468 g/mol. The molecule has 0 radical (unpaired) electrons. The first-order valence-corrected chi connectivity index (χ1v) is 13.2. The van der Waals surface area contributed by atoms with Crippen molar-refractivity contribution in [3.8, 4) is 0 Å². The average molecular weight is 469 g/mol. The zero-order chi connectivity index (χ0) is 24.8. The minimum Gasteiger partial charge on any atom is -0.390 e. The highest BCUT2D eigenvalue weighted by Gasteiger charge is 2.66. The lowest BCUT2D eigenvalue weighted by Crippen LogP contribution is -2.60. The summed E-state index contributed by atoms with van der Waals surface area (Å²) < 4.78 is 0. The summed E-state index contributed by atoms with van der Waals surface area (Å²) in [6.45, 7) is 9.63. The molecule has 33 heavy (non-hydrogen) atoms. The number of hydrogen-bond donors (Lipinski definition) is 5. The van der Waals surface area contributed by atoms with Gasteiger partial charge in [-0.25, -0.2) is 0 Å². The van der Waals surface area contributed by atoms with E-state index in [0.29, 0.717) is 38.5 Å². The molecule has 0 bridgehead atoms. The molecule has 3 rings (SSSR count). The molecule has 0 saturated heterocycles. The summed E-state index contributed by atoms with van der Waals surface area (Å²) in [6, 6.07) is 0. The normalized spacial score (nSPS) is 44.6. The van der Waals surface area contributed by atoms with Crippen LogP contribution in [-0.2, 0) is 4.79 Å². The van der Waals surface area contributed by atoms with Crippen LogP contribution in [0.15, 0.2) is 0 Å². The summed E-state index contributed by atoms with van der Waals surface area (Å²) in [5.41, 5.74) is -3.25. The van der Waals surface area contributed by atoms with Gasteiger partial charge in [0.1, 0.15) is 5.78 Å². The fraction of sp³-hybridized carbons (Fsp3) is 0.963. The number of Topliss-reactive ketones (excluding diaryl/α,β-unsaturated/α-hetero) is 1. The second-order valence-corrected chi connectivity index (χ2v) is 12.9. The molecule has 0 spiro atoms. The summed E-state index contributed by atoms with van der Waals surface area (Å²) >= 11 is 0. The number of rotatable bonds is 5. The minimum absolute atomic E-state index is 0.0448.